The summed E-state index contributed by atoms with van der Waals surface area (Å²) in [6.07, 6.45) is 0. The fourth-order valence-corrected chi connectivity index (χ4v) is 17.5. The largest absolute Gasteiger partial charge is 0.489 e. The number of ether oxygens (including phenoxy) is 8. The van der Waals surface area contributed by atoms with Crippen LogP contribution in [0.5, 0.6) is 46.0 Å². The van der Waals surface area contributed by atoms with E-state index in [0.29, 0.717) is 125 Å². The van der Waals surface area contributed by atoms with Gasteiger partial charge in [0.15, 0.2) is 11.6 Å². The van der Waals surface area contributed by atoms with Gasteiger partial charge in [-0.05, 0) is 258 Å². The molecular weight excluding hydrogens is 1770 g/mol. The van der Waals surface area contributed by atoms with Gasteiger partial charge in [-0.3, -0.25) is 9.59 Å². The molecule has 0 N–H and O–H groups in total. The molecule has 16 aromatic rings. The summed E-state index contributed by atoms with van der Waals surface area (Å²) < 4.78 is 53.0. The Morgan fingerprint density at radius 2 is 0.389 bits per heavy atom. The quantitative estimate of drug-likeness (QED) is 0.0440. The van der Waals surface area contributed by atoms with Gasteiger partial charge in [0.25, 0.3) is 0 Å². The van der Waals surface area contributed by atoms with Crippen LogP contribution in [0.15, 0.2) is 352 Å². The highest BCUT2D eigenvalue weighted by molar-refractivity contribution is 6.28. The van der Waals surface area contributed by atoms with Gasteiger partial charge in [-0.2, -0.15) is 0 Å². The molecule has 0 heterocycles. The predicted molar refractivity (Wildman–Crippen MR) is 585 cm³/mol. The first-order valence-corrected chi connectivity index (χ1v) is 49.8. The molecule has 17 rings (SSSR count). The molecule has 724 valence electrons. The zero-order valence-corrected chi connectivity index (χ0v) is 86.2. The van der Waals surface area contributed by atoms with E-state index in [1.165, 1.54) is 33.4 Å². The Morgan fingerprint density at radius 1 is 0.174 bits per heavy atom. The second-order valence-corrected chi connectivity index (χ2v) is 43.9. The summed E-state index contributed by atoms with van der Waals surface area (Å²) in [5, 5.41) is 0. The van der Waals surface area contributed by atoms with Gasteiger partial charge in [-0.1, -0.05) is 385 Å². The average molecular weight is 1900 g/mol. The summed E-state index contributed by atoms with van der Waals surface area (Å²) in [6, 6.07) is 119. The average Bonchev–Trinajstić information content (AvgIpc) is 0.747. The molecule has 0 aliphatic heterocycles. The third-order valence-corrected chi connectivity index (χ3v) is 26.5. The minimum Gasteiger partial charge on any atom is -0.489 e. The molecule has 10 nitrogen and oxygen atoms in total. The lowest BCUT2D eigenvalue weighted by atomic mass is 9.83. The van der Waals surface area contributed by atoms with E-state index in [2.05, 4.69) is 373 Å². The van der Waals surface area contributed by atoms with Crippen molar-refractivity contribution in [1.82, 2.24) is 0 Å². The fourth-order valence-electron chi connectivity index (χ4n) is 17.5. The van der Waals surface area contributed by atoms with Crippen LogP contribution in [-0.2, 0) is 85.3 Å². The summed E-state index contributed by atoms with van der Waals surface area (Å²) in [7, 11) is 0. The number of carbonyl (C=O) groups excluding carboxylic acids is 2. The summed E-state index contributed by atoms with van der Waals surface area (Å²) in [5.41, 5.74) is 26.8. The van der Waals surface area contributed by atoms with Crippen molar-refractivity contribution in [3.05, 3.63) is 474 Å². The molecule has 0 aromatic heterocycles. The van der Waals surface area contributed by atoms with E-state index in [1.54, 1.807) is 36.4 Å². The van der Waals surface area contributed by atoms with Crippen LogP contribution in [0.4, 0.5) is 0 Å². The van der Waals surface area contributed by atoms with Crippen molar-refractivity contribution in [2.45, 2.75) is 210 Å². The monoisotopic (exact) mass is 1900 g/mol. The van der Waals surface area contributed by atoms with Crippen LogP contribution >= 0.6 is 0 Å². The van der Waals surface area contributed by atoms with E-state index >= 15 is 0 Å². The van der Waals surface area contributed by atoms with E-state index in [1.807, 2.05) is 91.0 Å². The minimum atomic E-state index is -0.226. The van der Waals surface area contributed by atoms with Crippen molar-refractivity contribution in [2.75, 3.05) is 0 Å². The van der Waals surface area contributed by atoms with Gasteiger partial charge >= 0.3 is 0 Å². The molecule has 10 heteroatoms. The normalized spacial score (nSPS) is 12.1. The number of benzene rings is 16. The number of hydrogen-bond donors (Lipinski definition) is 0. The maximum Gasteiger partial charge on any atom is 0.194 e. The summed E-state index contributed by atoms with van der Waals surface area (Å²) in [4.78, 5) is 28.4. The van der Waals surface area contributed by atoms with E-state index in [-0.39, 0.29) is 57.3 Å². The number of rotatable bonds is 28. The SMILES string of the molecule is CC(C)(C)c1ccc(COc2ccc(-c3cc(C#Cc4c(-c5ccc(OCc6cc(OCc7ccc(C(C)(C)C)cc7)cc(OCc7ccc(C(C)(C)C)cc7)c6)cc5)cccc4-c4ccc(OCc5cc(OCc6ccc(C(C)(C)C)cc6)cc(OCc6ccc(C(C)(C)C)cc6)c5)cc4)cc(-c4ccc(OCc5ccc(C(C)(C)C)cc5)cc4)c3C#Cc3ccc4c(c3)C(=O)c3ccccc3C4=O)cc2)cc1. The molecule has 0 amide bonds. The molecule has 1 aliphatic carbocycles. The molecule has 0 saturated heterocycles. The smallest absolute Gasteiger partial charge is 0.194 e. The van der Waals surface area contributed by atoms with Crippen molar-refractivity contribution in [3.63, 3.8) is 0 Å². The fraction of sp³-hybridized carbons (Fsp3) is 0.239. The van der Waals surface area contributed by atoms with Crippen molar-refractivity contribution >= 4 is 11.6 Å². The van der Waals surface area contributed by atoms with Crippen molar-refractivity contribution in [3.8, 4) is 114 Å². The van der Waals surface area contributed by atoms with Gasteiger partial charge in [-0.25, -0.2) is 0 Å². The van der Waals surface area contributed by atoms with Gasteiger partial charge in [0, 0.05) is 56.6 Å². The zero-order valence-electron chi connectivity index (χ0n) is 86.2. The van der Waals surface area contributed by atoms with Gasteiger partial charge in [-0.15, -0.1) is 0 Å². The number of ketones is 2. The zero-order chi connectivity index (χ0) is 101. The van der Waals surface area contributed by atoms with Crippen LogP contribution in [0.2, 0.25) is 0 Å². The van der Waals surface area contributed by atoms with Crippen molar-refractivity contribution in [2.24, 2.45) is 0 Å². The molecule has 0 radical (unpaired) electrons. The Kier molecular flexibility index (Phi) is 29.6. The Morgan fingerprint density at radius 3 is 0.660 bits per heavy atom. The predicted octanol–water partition coefficient (Wildman–Crippen LogP) is 32.3. The van der Waals surface area contributed by atoms with Crippen molar-refractivity contribution in [1.29, 1.82) is 0 Å². The minimum absolute atomic E-state index is 0.00558. The number of fused-ring (bicyclic) bond motifs is 2. The Labute approximate surface area is 851 Å². The third-order valence-electron chi connectivity index (χ3n) is 26.5. The van der Waals surface area contributed by atoms with Crippen LogP contribution in [0.25, 0.3) is 44.5 Å². The summed E-state index contributed by atoms with van der Waals surface area (Å²) in [6.45, 7) is 42.7. The Bertz CT molecular complexity index is 6890. The molecule has 144 heavy (non-hydrogen) atoms. The topological polar surface area (TPSA) is 108 Å². The van der Waals surface area contributed by atoms with Crippen LogP contribution in [0.3, 0.4) is 0 Å². The first-order valence-electron chi connectivity index (χ1n) is 49.8. The third kappa shape index (κ3) is 25.3. The summed E-state index contributed by atoms with van der Waals surface area (Å²) >= 11 is 0. The Balaban J connectivity index is 0.747. The molecule has 0 atom stereocenters. The first-order chi connectivity index (χ1) is 68.8. The van der Waals surface area contributed by atoms with E-state index in [4.69, 9.17) is 37.9 Å². The lowest BCUT2D eigenvalue weighted by Gasteiger charge is -2.19. The number of hydrogen-bond acceptors (Lipinski definition) is 10. The van der Waals surface area contributed by atoms with Gasteiger partial charge in [0.1, 0.15) is 98.9 Å². The van der Waals surface area contributed by atoms with Gasteiger partial charge < -0.3 is 37.9 Å². The van der Waals surface area contributed by atoms with Gasteiger partial charge in [0.2, 0.25) is 0 Å². The molecule has 0 spiro atoms. The first kappa shape index (κ1) is 99.9. The second kappa shape index (κ2) is 42.7. The van der Waals surface area contributed by atoms with Crippen LogP contribution in [0.1, 0.15) is 257 Å². The van der Waals surface area contributed by atoms with E-state index in [9.17, 15) is 9.59 Å². The lowest BCUT2D eigenvalue weighted by molar-refractivity contribution is 0.0979. The molecular formula is C134H128O10. The molecule has 0 bridgehead atoms. The van der Waals surface area contributed by atoms with Gasteiger partial charge in [0.05, 0.1) is 0 Å². The highest BCUT2D eigenvalue weighted by Gasteiger charge is 2.31. The van der Waals surface area contributed by atoms with E-state index in [0.717, 1.165) is 94.6 Å². The Hall–Kier alpha value is -15.6. The summed E-state index contributed by atoms with van der Waals surface area (Å²) in [5.74, 6) is 19.8. The maximum absolute atomic E-state index is 14.4. The second-order valence-electron chi connectivity index (χ2n) is 43.9. The number of carbonyl (C=O) groups is 2. The molecule has 0 fully saturated rings. The molecule has 0 saturated carbocycles. The van der Waals surface area contributed by atoms with Crippen LogP contribution in [-0.4, -0.2) is 11.6 Å². The van der Waals surface area contributed by atoms with Crippen LogP contribution < -0.4 is 37.9 Å². The maximum atomic E-state index is 14.4. The van der Waals surface area contributed by atoms with Crippen molar-refractivity contribution < 1.29 is 47.5 Å². The lowest BCUT2D eigenvalue weighted by Crippen LogP contribution is -2.20. The highest BCUT2D eigenvalue weighted by Crippen LogP contribution is 2.42. The molecule has 0 unspecified atom stereocenters. The molecule has 1 aliphatic rings. The standard InChI is InChI=1S/C134H128O10/c1-129(2,3)103-49-26-90(27-50-103)81-137-109-65-45-101(46-66-109)124-77-96(78-125(102-47-67-110(68-48-102)138-82-91-28-51-104(52-29-91)130(4,5)6)120(124)69-38-89-39-71-123-126(76-89)128(136)122-23-20-19-22-121(122)127(123)135)40-70-119-117(99-41-61-111(62-42-99)139-87-97-72-113(141-83-92-30-53-105(54-31-92)131(7,8)9)79-114(73-97)142-84-93-32-55-106(56-33-93)132(10,11)12)24-21-25-118(119)100-43-63-112(64-44-100)140-88-98-74-115(143-85-94-34-57-107(58-35-94)133(13,14)15)80-116(75-98)144-86-95-36-59-108(60-37-95)134(16,17)18/h19-37,39,41-68,71-80H,81-88H2,1-18H3. The molecule has 16 aromatic carbocycles. The van der Waals surface area contributed by atoms with Crippen LogP contribution in [0, 0.1) is 23.7 Å². The highest BCUT2D eigenvalue weighted by atomic mass is 16.5. The van der Waals surface area contributed by atoms with E-state index < -0.39 is 0 Å².